The van der Waals surface area contributed by atoms with Gasteiger partial charge in [0.05, 0.1) is 5.56 Å². The molecule has 0 fully saturated rings. The van der Waals surface area contributed by atoms with Gasteiger partial charge in [0.15, 0.2) is 0 Å². The monoisotopic (exact) mass is 258 g/mol. The van der Waals surface area contributed by atoms with E-state index in [4.69, 9.17) is 0 Å². The highest BCUT2D eigenvalue weighted by Gasteiger charge is 2.42. The summed E-state index contributed by atoms with van der Waals surface area (Å²) in [6, 6.07) is 4.70. The molecule has 3 nitrogen and oxygen atoms in total. The number of carbonyl (C=O) groups excluding carboxylic acids is 1. The summed E-state index contributed by atoms with van der Waals surface area (Å²) >= 11 is 0. The number of benzene rings is 1. The molecule has 0 aliphatic carbocycles. The normalized spacial score (nSPS) is 23.8. The zero-order chi connectivity index (χ0) is 13.6. The lowest BCUT2D eigenvalue weighted by Gasteiger charge is -2.22. The maximum atomic E-state index is 12.8. The fraction of sp³-hybridized carbons (Fsp3) is 0.250. The van der Waals surface area contributed by atoms with Crippen LogP contribution in [0.15, 0.2) is 30.3 Å². The number of halogens is 3. The van der Waals surface area contributed by atoms with E-state index in [0.717, 1.165) is 19.1 Å². The lowest BCUT2D eigenvalue weighted by Crippen LogP contribution is -2.27. The van der Waals surface area contributed by atoms with Crippen molar-refractivity contribution in [3.05, 3.63) is 41.5 Å². The Morgan fingerprint density at radius 2 is 1.89 bits per heavy atom. The topological polar surface area (TPSA) is 46.5 Å². The molecule has 1 aromatic carbocycles. The van der Waals surface area contributed by atoms with Crippen molar-refractivity contribution in [3.8, 4) is 0 Å². The molecular formula is C12H9F3O3. The summed E-state index contributed by atoms with van der Waals surface area (Å²) in [6.45, 7) is 1.12. The van der Waals surface area contributed by atoms with Gasteiger partial charge < -0.3 is 9.84 Å². The van der Waals surface area contributed by atoms with Gasteiger partial charge in [-0.15, -0.1) is 0 Å². The molecule has 6 heteroatoms. The fourth-order valence-corrected chi connectivity index (χ4v) is 1.82. The minimum absolute atomic E-state index is 0.194. The molecule has 0 amide bonds. The van der Waals surface area contributed by atoms with Gasteiger partial charge in [0, 0.05) is 18.6 Å². The lowest BCUT2D eigenvalue weighted by atomic mass is 9.94. The molecule has 1 atom stereocenters. The number of rotatable bonds is 1. The zero-order valence-corrected chi connectivity index (χ0v) is 9.28. The van der Waals surface area contributed by atoms with Gasteiger partial charge in [-0.25, -0.2) is 4.79 Å². The molecule has 1 aliphatic heterocycles. The standard InChI is InChI=1S/C12H9F3O3/c1-11(17)9(6-10(16)18-11)7-4-2-3-5-8(7)12(13,14)15/h2-6,17H,1H3. The van der Waals surface area contributed by atoms with Gasteiger partial charge in [0.1, 0.15) is 0 Å². The van der Waals surface area contributed by atoms with Crippen molar-refractivity contribution in [1.82, 2.24) is 0 Å². The van der Waals surface area contributed by atoms with Crippen molar-refractivity contribution in [3.63, 3.8) is 0 Å². The molecule has 1 N–H and O–H groups in total. The smallest absolute Gasteiger partial charge is 0.416 e. The number of ether oxygens (including phenoxy) is 1. The SMILES string of the molecule is CC1(O)OC(=O)C=C1c1ccccc1C(F)(F)F. The van der Waals surface area contributed by atoms with Crippen molar-refractivity contribution < 1.29 is 27.8 Å². The van der Waals surface area contributed by atoms with Crippen LogP contribution in [0.1, 0.15) is 18.1 Å². The van der Waals surface area contributed by atoms with Crippen molar-refractivity contribution in [2.45, 2.75) is 18.9 Å². The van der Waals surface area contributed by atoms with Crippen LogP contribution in [0.5, 0.6) is 0 Å². The van der Waals surface area contributed by atoms with Crippen molar-refractivity contribution in [1.29, 1.82) is 0 Å². The van der Waals surface area contributed by atoms with Crippen LogP contribution in [0.4, 0.5) is 13.2 Å². The van der Waals surface area contributed by atoms with E-state index in [0.29, 0.717) is 0 Å². The first-order valence-electron chi connectivity index (χ1n) is 5.06. The van der Waals surface area contributed by atoms with E-state index in [2.05, 4.69) is 4.74 Å². The number of aliphatic hydroxyl groups is 1. The van der Waals surface area contributed by atoms with Crippen LogP contribution in [-0.4, -0.2) is 16.9 Å². The van der Waals surface area contributed by atoms with Crippen molar-refractivity contribution in [2.75, 3.05) is 0 Å². The minimum Gasteiger partial charge on any atom is -0.426 e. The van der Waals surface area contributed by atoms with E-state index in [-0.39, 0.29) is 11.1 Å². The summed E-state index contributed by atoms with van der Waals surface area (Å²) < 4.78 is 43.0. The summed E-state index contributed by atoms with van der Waals surface area (Å²) in [4.78, 5) is 11.1. The fourth-order valence-electron chi connectivity index (χ4n) is 1.82. The predicted molar refractivity (Wildman–Crippen MR) is 56.1 cm³/mol. The molecule has 2 rings (SSSR count). The van der Waals surface area contributed by atoms with E-state index in [9.17, 15) is 23.1 Å². The first kappa shape index (κ1) is 12.6. The molecule has 96 valence electrons. The first-order chi connectivity index (χ1) is 8.22. The molecule has 18 heavy (non-hydrogen) atoms. The summed E-state index contributed by atoms with van der Waals surface area (Å²) in [5.74, 6) is -2.91. The number of cyclic esters (lactones) is 1. The molecule has 0 spiro atoms. The van der Waals surface area contributed by atoms with Gasteiger partial charge in [0.2, 0.25) is 5.79 Å². The van der Waals surface area contributed by atoms with Crippen LogP contribution in [0.2, 0.25) is 0 Å². The maximum absolute atomic E-state index is 12.8. The van der Waals surface area contributed by atoms with Gasteiger partial charge in [-0.05, 0) is 11.6 Å². The number of carbonyl (C=O) groups is 1. The van der Waals surface area contributed by atoms with Gasteiger partial charge in [0.25, 0.3) is 0 Å². The number of esters is 1. The molecule has 0 saturated carbocycles. The van der Waals surface area contributed by atoms with E-state index in [1.165, 1.54) is 18.2 Å². The van der Waals surface area contributed by atoms with Crippen molar-refractivity contribution >= 4 is 11.5 Å². The van der Waals surface area contributed by atoms with Crippen LogP contribution in [0.25, 0.3) is 5.57 Å². The molecule has 0 saturated heterocycles. The van der Waals surface area contributed by atoms with Gasteiger partial charge >= 0.3 is 12.1 Å². The van der Waals surface area contributed by atoms with E-state index in [1.54, 1.807) is 0 Å². The summed E-state index contributed by atoms with van der Waals surface area (Å²) in [7, 11) is 0. The Hall–Kier alpha value is -1.82. The number of alkyl halides is 3. The molecule has 1 heterocycles. The highest BCUT2D eigenvalue weighted by atomic mass is 19.4. The Balaban J connectivity index is 2.60. The first-order valence-corrected chi connectivity index (χ1v) is 5.06. The largest absolute Gasteiger partial charge is 0.426 e. The zero-order valence-electron chi connectivity index (χ0n) is 9.28. The molecule has 0 aromatic heterocycles. The molecular weight excluding hydrogens is 249 g/mol. The van der Waals surface area contributed by atoms with E-state index >= 15 is 0 Å². The second-order valence-electron chi connectivity index (χ2n) is 4.01. The van der Waals surface area contributed by atoms with E-state index in [1.807, 2.05) is 0 Å². The Morgan fingerprint density at radius 3 is 2.39 bits per heavy atom. The predicted octanol–water partition coefficient (Wildman–Crippen LogP) is 2.35. The highest BCUT2D eigenvalue weighted by molar-refractivity contribution is 5.98. The quantitative estimate of drug-likeness (QED) is 0.786. The number of hydrogen-bond acceptors (Lipinski definition) is 3. The molecule has 1 aliphatic rings. The van der Waals surface area contributed by atoms with Crippen molar-refractivity contribution in [2.24, 2.45) is 0 Å². The van der Waals surface area contributed by atoms with Crippen LogP contribution in [-0.2, 0) is 15.7 Å². The van der Waals surface area contributed by atoms with Crippen LogP contribution in [0, 0.1) is 0 Å². The third-order valence-corrected chi connectivity index (χ3v) is 2.58. The summed E-state index contributed by atoms with van der Waals surface area (Å²) in [6.07, 6.45) is -3.70. The second-order valence-corrected chi connectivity index (χ2v) is 4.01. The second kappa shape index (κ2) is 3.84. The van der Waals surface area contributed by atoms with Crippen LogP contribution < -0.4 is 0 Å². The molecule has 1 unspecified atom stereocenters. The van der Waals surface area contributed by atoms with E-state index < -0.39 is 23.5 Å². The Bertz CT molecular complexity index is 530. The summed E-state index contributed by atoms with van der Waals surface area (Å²) in [5, 5.41) is 9.79. The average Bonchev–Trinajstić information content (AvgIpc) is 2.50. The van der Waals surface area contributed by atoms with Gasteiger partial charge in [-0.3, -0.25) is 0 Å². The van der Waals surface area contributed by atoms with Crippen LogP contribution >= 0.6 is 0 Å². The average molecular weight is 258 g/mol. The third-order valence-electron chi connectivity index (χ3n) is 2.58. The Morgan fingerprint density at radius 1 is 1.28 bits per heavy atom. The molecule has 0 radical (unpaired) electrons. The van der Waals surface area contributed by atoms with Crippen LogP contribution in [0.3, 0.4) is 0 Å². The third kappa shape index (κ3) is 2.11. The Labute approximate surface area is 100 Å². The number of hydrogen-bond donors (Lipinski definition) is 1. The summed E-state index contributed by atoms with van der Waals surface area (Å²) in [5.41, 5.74) is -1.38. The maximum Gasteiger partial charge on any atom is 0.416 e. The Kier molecular flexibility index (Phi) is 2.70. The highest BCUT2D eigenvalue weighted by Crippen LogP contribution is 2.40. The van der Waals surface area contributed by atoms with Gasteiger partial charge in [-0.2, -0.15) is 13.2 Å². The minimum atomic E-state index is -4.57. The molecule has 1 aromatic rings. The lowest BCUT2D eigenvalue weighted by molar-refractivity contribution is -0.169. The molecule has 0 bridgehead atoms. The van der Waals surface area contributed by atoms with Gasteiger partial charge in [-0.1, -0.05) is 18.2 Å².